The van der Waals surface area contributed by atoms with Crippen LogP contribution in [0.4, 0.5) is 17.1 Å². The van der Waals surface area contributed by atoms with Crippen LogP contribution in [0.3, 0.4) is 0 Å². The Kier molecular flexibility index (Phi) is 5.98. The van der Waals surface area contributed by atoms with Gasteiger partial charge in [-0.3, -0.25) is 25.0 Å². The van der Waals surface area contributed by atoms with Gasteiger partial charge < -0.3 is 15.0 Å². The first-order valence-corrected chi connectivity index (χ1v) is 8.88. The summed E-state index contributed by atoms with van der Waals surface area (Å²) in [5.74, 6) is -0.286. The molecule has 1 amide bonds. The van der Waals surface area contributed by atoms with E-state index in [9.17, 15) is 25.0 Å². The first-order valence-electron chi connectivity index (χ1n) is 8.88. The van der Waals surface area contributed by atoms with E-state index in [4.69, 9.17) is 4.74 Å². The Labute approximate surface area is 165 Å². The maximum absolute atomic E-state index is 12.4. The molecule has 152 valence electrons. The summed E-state index contributed by atoms with van der Waals surface area (Å²) in [5, 5.41) is 24.4. The van der Waals surface area contributed by atoms with Gasteiger partial charge in [-0.25, -0.2) is 4.98 Å². The van der Waals surface area contributed by atoms with Crippen molar-refractivity contribution in [2.75, 3.05) is 25.5 Å². The minimum atomic E-state index is -0.791. The molecule has 0 saturated carbocycles. The molecule has 11 nitrogen and oxygen atoms in total. The number of nitrogens with zero attached hydrogens (tertiary/aromatic N) is 4. The van der Waals surface area contributed by atoms with Crippen LogP contribution in [-0.4, -0.2) is 51.9 Å². The first-order chi connectivity index (χ1) is 13.8. The monoisotopic (exact) mass is 401 g/mol. The summed E-state index contributed by atoms with van der Waals surface area (Å²) < 4.78 is 5.83. The topological polar surface area (TPSA) is 141 Å². The van der Waals surface area contributed by atoms with E-state index in [0.29, 0.717) is 11.6 Å². The van der Waals surface area contributed by atoms with E-state index in [1.165, 1.54) is 6.20 Å². The number of hydrogen-bond donors (Lipinski definition) is 1. The Bertz CT molecular complexity index is 893. The minimum absolute atomic E-state index is 0.0876. The fourth-order valence-electron chi connectivity index (χ4n) is 2.94. The second kappa shape index (κ2) is 8.61. The summed E-state index contributed by atoms with van der Waals surface area (Å²) in [6.45, 7) is 1.91. The summed E-state index contributed by atoms with van der Waals surface area (Å²) in [6.07, 6.45) is 3.29. The molecule has 3 rings (SSSR count). The SMILES string of the molecule is CN1CCC(Oc2ccc(NC(=O)c3cc([N+](=O)[O-])cc([N+](=O)[O-])c3)cn2)CC1. The number of ether oxygens (including phenoxy) is 1. The van der Waals surface area contributed by atoms with Crippen LogP contribution in [0.2, 0.25) is 0 Å². The number of likely N-dealkylation sites (tertiary alicyclic amines) is 1. The molecular weight excluding hydrogens is 382 g/mol. The van der Waals surface area contributed by atoms with Gasteiger partial charge in [-0.1, -0.05) is 0 Å². The molecule has 0 unspecified atom stereocenters. The highest BCUT2D eigenvalue weighted by Gasteiger charge is 2.21. The van der Waals surface area contributed by atoms with E-state index in [0.717, 1.165) is 44.1 Å². The molecule has 0 radical (unpaired) electrons. The maximum atomic E-state index is 12.4. The molecular formula is C18H19N5O6. The van der Waals surface area contributed by atoms with Crippen LogP contribution in [0.25, 0.3) is 0 Å². The molecule has 1 saturated heterocycles. The van der Waals surface area contributed by atoms with Crippen molar-refractivity contribution in [3.8, 4) is 5.88 Å². The molecule has 1 aliphatic heterocycles. The van der Waals surface area contributed by atoms with E-state index in [1.807, 2.05) is 0 Å². The Morgan fingerprint density at radius 1 is 1.14 bits per heavy atom. The number of carbonyl (C=O) groups excluding carboxylic acids is 1. The number of carbonyl (C=O) groups is 1. The summed E-state index contributed by atoms with van der Waals surface area (Å²) in [7, 11) is 2.06. The second-order valence-corrected chi connectivity index (χ2v) is 6.71. The van der Waals surface area contributed by atoms with Crippen molar-refractivity contribution in [1.29, 1.82) is 0 Å². The van der Waals surface area contributed by atoms with E-state index in [-0.39, 0.29) is 11.7 Å². The minimum Gasteiger partial charge on any atom is -0.474 e. The summed E-state index contributed by atoms with van der Waals surface area (Å²) >= 11 is 0. The standard InChI is InChI=1S/C18H19N5O6/c1-21-6-4-16(5-7-21)29-17-3-2-13(11-19-17)20-18(24)12-8-14(22(25)26)10-15(9-12)23(27)28/h2-3,8-11,16H,4-7H2,1H3,(H,20,24). The number of pyridine rings is 1. The van der Waals surface area contributed by atoms with Crippen molar-refractivity contribution in [2.24, 2.45) is 0 Å². The zero-order valence-corrected chi connectivity index (χ0v) is 15.6. The number of amides is 1. The number of aromatic nitrogens is 1. The molecule has 1 aromatic carbocycles. The highest BCUT2D eigenvalue weighted by molar-refractivity contribution is 6.05. The van der Waals surface area contributed by atoms with Crippen LogP contribution in [0.15, 0.2) is 36.5 Å². The number of rotatable bonds is 6. The van der Waals surface area contributed by atoms with Crippen LogP contribution in [0, 0.1) is 20.2 Å². The van der Waals surface area contributed by atoms with Crippen molar-refractivity contribution < 1.29 is 19.4 Å². The molecule has 1 fully saturated rings. The molecule has 0 atom stereocenters. The molecule has 2 heterocycles. The predicted octanol–water partition coefficient (Wildman–Crippen LogP) is 2.62. The van der Waals surface area contributed by atoms with Crippen LogP contribution in [0.5, 0.6) is 5.88 Å². The molecule has 0 spiro atoms. The van der Waals surface area contributed by atoms with Gasteiger partial charge in [-0.2, -0.15) is 0 Å². The summed E-state index contributed by atoms with van der Waals surface area (Å²) in [6, 6.07) is 5.96. The number of nitro benzene ring substituents is 2. The molecule has 1 aromatic heterocycles. The van der Waals surface area contributed by atoms with Crippen LogP contribution >= 0.6 is 0 Å². The molecule has 0 bridgehead atoms. The quantitative estimate of drug-likeness (QED) is 0.575. The van der Waals surface area contributed by atoms with Crippen molar-refractivity contribution in [3.05, 3.63) is 62.3 Å². The molecule has 29 heavy (non-hydrogen) atoms. The van der Waals surface area contributed by atoms with Gasteiger partial charge in [0.2, 0.25) is 5.88 Å². The van der Waals surface area contributed by atoms with Gasteiger partial charge >= 0.3 is 0 Å². The number of nitro groups is 2. The third-order valence-corrected chi connectivity index (χ3v) is 4.53. The van der Waals surface area contributed by atoms with E-state index in [1.54, 1.807) is 12.1 Å². The molecule has 1 N–H and O–H groups in total. The second-order valence-electron chi connectivity index (χ2n) is 6.71. The third-order valence-electron chi connectivity index (χ3n) is 4.53. The largest absolute Gasteiger partial charge is 0.474 e. The number of nitrogens with one attached hydrogen (secondary N) is 1. The Balaban J connectivity index is 1.67. The predicted molar refractivity (Wildman–Crippen MR) is 103 cm³/mol. The highest BCUT2D eigenvalue weighted by atomic mass is 16.6. The number of hydrogen-bond acceptors (Lipinski definition) is 8. The average molecular weight is 401 g/mol. The van der Waals surface area contributed by atoms with Gasteiger partial charge in [0.15, 0.2) is 0 Å². The zero-order chi connectivity index (χ0) is 21.0. The number of non-ortho nitro benzene ring substituents is 2. The lowest BCUT2D eigenvalue weighted by Crippen LogP contribution is -2.35. The molecule has 2 aromatic rings. The van der Waals surface area contributed by atoms with Crippen molar-refractivity contribution in [2.45, 2.75) is 18.9 Å². The zero-order valence-electron chi connectivity index (χ0n) is 15.6. The Hall–Kier alpha value is -3.60. The lowest BCUT2D eigenvalue weighted by atomic mass is 10.1. The van der Waals surface area contributed by atoms with E-state index >= 15 is 0 Å². The average Bonchev–Trinajstić information content (AvgIpc) is 2.70. The van der Waals surface area contributed by atoms with Gasteiger partial charge in [0.05, 0.1) is 33.4 Å². The van der Waals surface area contributed by atoms with E-state index in [2.05, 4.69) is 22.2 Å². The number of benzene rings is 1. The van der Waals surface area contributed by atoms with Crippen molar-refractivity contribution in [1.82, 2.24) is 9.88 Å². The lowest BCUT2D eigenvalue weighted by molar-refractivity contribution is -0.394. The van der Waals surface area contributed by atoms with Crippen LogP contribution in [-0.2, 0) is 0 Å². The molecule has 0 aliphatic carbocycles. The normalized spacial score (nSPS) is 14.9. The Morgan fingerprint density at radius 2 is 1.76 bits per heavy atom. The third kappa shape index (κ3) is 5.23. The van der Waals surface area contributed by atoms with Crippen LogP contribution < -0.4 is 10.1 Å². The fraction of sp³-hybridized carbons (Fsp3) is 0.333. The van der Waals surface area contributed by atoms with Gasteiger partial charge in [-0.15, -0.1) is 0 Å². The molecule has 11 heteroatoms. The smallest absolute Gasteiger partial charge is 0.277 e. The Morgan fingerprint density at radius 3 is 2.28 bits per heavy atom. The highest BCUT2D eigenvalue weighted by Crippen LogP contribution is 2.24. The van der Waals surface area contributed by atoms with E-state index < -0.39 is 27.1 Å². The van der Waals surface area contributed by atoms with Gasteiger partial charge in [0.1, 0.15) is 6.10 Å². The first kappa shape index (κ1) is 20.1. The van der Waals surface area contributed by atoms with Crippen LogP contribution in [0.1, 0.15) is 23.2 Å². The summed E-state index contributed by atoms with van der Waals surface area (Å²) in [4.78, 5) is 39.1. The van der Waals surface area contributed by atoms with Crippen molar-refractivity contribution >= 4 is 23.0 Å². The lowest BCUT2D eigenvalue weighted by Gasteiger charge is -2.28. The number of anilines is 1. The summed E-state index contributed by atoms with van der Waals surface area (Å²) in [5.41, 5.74) is -0.939. The number of piperidine rings is 1. The van der Waals surface area contributed by atoms with Gasteiger partial charge in [0.25, 0.3) is 17.3 Å². The van der Waals surface area contributed by atoms with Gasteiger partial charge in [0, 0.05) is 31.3 Å². The van der Waals surface area contributed by atoms with Gasteiger partial charge in [-0.05, 0) is 26.0 Å². The maximum Gasteiger partial charge on any atom is 0.277 e. The molecule has 1 aliphatic rings. The fourth-order valence-corrected chi connectivity index (χ4v) is 2.94. The van der Waals surface area contributed by atoms with Crippen molar-refractivity contribution in [3.63, 3.8) is 0 Å².